The van der Waals surface area contributed by atoms with Crippen LogP contribution in [0.4, 0.5) is 0 Å². The highest BCUT2D eigenvalue weighted by Crippen LogP contribution is 2.39. The molecular formula is C17H17N3O2S. The number of carbonyl (C=O) groups excluding carboxylic acids is 1. The molecule has 1 unspecified atom stereocenters. The van der Waals surface area contributed by atoms with E-state index in [4.69, 9.17) is 0 Å². The van der Waals surface area contributed by atoms with Gasteiger partial charge < -0.3 is 14.8 Å². The van der Waals surface area contributed by atoms with Crippen LogP contribution in [0.25, 0.3) is 5.65 Å². The fraction of sp³-hybridized carbons (Fsp3) is 0.294. The Morgan fingerprint density at radius 2 is 2.26 bits per heavy atom. The summed E-state index contributed by atoms with van der Waals surface area (Å²) < 4.78 is 1.84. The van der Waals surface area contributed by atoms with Gasteiger partial charge in [-0.3, -0.25) is 4.79 Å². The first kappa shape index (κ1) is 14.4. The number of hydrogen-bond donors (Lipinski definition) is 2. The minimum Gasteiger partial charge on any atom is -0.393 e. The number of thiophene rings is 1. The van der Waals surface area contributed by atoms with E-state index in [-0.39, 0.29) is 18.1 Å². The van der Waals surface area contributed by atoms with Crippen LogP contribution in [-0.2, 0) is 0 Å². The number of aromatic nitrogens is 2. The third-order valence-corrected chi connectivity index (χ3v) is 5.36. The molecular weight excluding hydrogens is 310 g/mol. The summed E-state index contributed by atoms with van der Waals surface area (Å²) in [6.45, 7) is 0. The van der Waals surface area contributed by atoms with Gasteiger partial charge in [0, 0.05) is 23.5 Å². The fourth-order valence-electron chi connectivity index (χ4n) is 3.07. The largest absolute Gasteiger partial charge is 0.393 e. The van der Waals surface area contributed by atoms with Crippen LogP contribution in [0.2, 0.25) is 0 Å². The number of nitrogens with one attached hydrogen (secondary N) is 1. The lowest BCUT2D eigenvalue weighted by atomic mass is 9.76. The minimum absolute atomic E-state index is 0.0376. The molecule has 1 atom stereocenters. The monoisotopic (exact) mass is 327 g/mol. The summed E-state index contributed by atoms with van der Waals surface area (Å²) >= 11 is 1.64. The van der Waals surface area contributed by atoms with Crippen LogP contribution in [0.3, 0.4) is 0 Å². The van der Waals surface area contributed by atoms with Crippen LogP contribution in [0.5, 0.6) is 0 Å². The molecule has 1 fully saturated rings. The van der Waals surface area contributed by atoms with E-state index < -0.39 is 0 Å². The van der Waals surface area contributed by atoms with Gasteiger partial charge >= 0.3 is 0 Å². The summed E-state index contributed by atoms with van der Waals surface area (Å²) in [6.07, 6.45) is 6.57. The maximum Gasteiger partial charge on any atom is 0.253 e. The molecule has 0 aromatic carbocycles. The van der Waals surface area contributed by atoms with Crippen molar-refractivity contribution in [3.8, 4) is 0 Å². The van der Waals surface area contributed by atoms with E-state index in [2.05, 4.69) is 10.3 Å². The summed E-state index contributed by atoms with van der Waals surface area (Å²) in [6, 6.07) is 7.62. The molecule has 1 aliphatic rings. The van der Waals surface area contributed by atoms with Crippen molar-refractivity contribution in [2.75, 3.05) is 0 Å². The molecule has 1 aliphatic carbocycles. The predicted octanol–water partition coefficient (Wildman–Crippen LogP) is 2.64. The standard InChI is InChI=1S/C17H17N3O2S/c21-13-8-12(9-13)16(14-2-1-7-23-14)19-17(22)11-3-4-15-18-5-6-20(15)10-11/h1-7,10,12-13,16,21H,8-9H2,(H,19,22). The zero-order valence-electron chi connectivity index (χ0n) is 12.4. The maximum atomic E-state index is 12.6. The summed E-state index contributed by atoms with van der Waals surface area (Å²) in [7, 11) is 0. The lowest BCUT2D eigenvalue weighted by Gasteiger charge is -2.37. The average Bonchev–Trinajstić information content (AvgIpc) is 3.19. The Balaban J connectivity index is 1.56. The van der Waals surface area contributed by atoms with Gasteiger partial charge in [-0.1, -0.05) is 6.07 Å². The maximum absolute atomic E-state index is 12.6. The van der Waals surface area contributed by atoms with E-state index in [1.807, 2.05) is 34.2 Å². The zero-order chi connectivity index (χ0) is 15.8. The predicted molar refractivity (Wildman–Crippen MR) is 88.4 cm³/mol. The summed E-state index contributed by atoms with van der Waals surface area (Å²) in [5.41, 5.74) is 1.43. The molecule has 1 amide bonds. The van der Waals surface area contributed by atoms with Gasteiger partial charge in [-0.05, 0) is 42.3 Å². The van der Waals surface area contributed by atoms with E-state index in [0.717, 1.165) is 23.4 Å². The highest BCUT2D eigenvalue weighted by molar-refractivity contribution is 7.10. The normalized spacial score (nSPS) is 21.8. The second-order valence-corrected chi connectivity index (χ2v) is 6.94. The molecule has 3 aromatic rings. The van der Waals surface area contributed by atoms with Gasteiger partial charge in [0.25, 0.3) is 5.91 Å². The SMILES string of the molecule is O=C(NC(c1cccs1)C1CC(O)C1)c1ccc2nccn2c1. The summed E-state index contributed by atoms with van der Waals surface area (Å²) in [5, 5.41) is 14.7. The van der Waals surface area contributed by atoms with Crippen molar-refractivity contribution in [2.45, 2.75) is 25.0 Å². The minimum atomic E-state index is -0.235. The van der Waals surface area contributed by atoms with Crippen LogP contribution in [-0.4, -0.2) is 26.5 Å². The highest BCUT2D eigenvalue weighted by atomic mass is 32.1. The lowest BCUT2D eigenvalue weighted by molar-refractivity contribution is 0.0241. The van der Waals surface area contributed by atoms with Gasteiger partial charge in [0.15, 0.2) is 0 Å². The topological polar surface area (TPSA) is 66.6 Å². The molecule has 0 bridgehead atoms. The molecule has 2 N–H and O–H groups in total. The van der Waals surface area contributed by atoms with Crippen LogP contribution in [0.15, 0.2) is 48.2 Å². The number of fused-ring (bicyclic) bond motifs is 1. The molecule has 0 radical (unpaired) electrons. The third-order valence-electron chi connectivity index (χ3n) is 4.41. The highest BCUT2D eigenvalue weighted by Gasteiger charge is 2.36. The number of rotatable bonds is 4. The van der Waals surface area contributed by atoms with Crippen molar-refractivity contribution in [2.24, 2.45) is 5.92 Å². The molecule has 23 heavy (non-hydrogen) atoms. The molecule has 0 aliphatic heterocycles. The van der Waals surface area contributed by atoms with Crippen LogP contribution in [0, 0.1) is 5.92 Å². The summed E-state index contributed by atoms with van der Waals surface area (Å²) in [4.78, 5) is 18.0. The second kappa shape index (κ2) is 5.79. The Hall–Kier alpha value is -2.18. The smallest absolute Gasteiger partial charge is 0.253 e. The quantitative estimate of drug-likeness (QED) is 0.774. The number of aliphatic hydroxyl groups excluding tert-OH is 1. The van der Waals surface area contributed by atoms with Gasteiger partial charge in [0.1, 0.15) is 5.65 Å². The number of nitrogens with zero attached hydrogens (tertiary/aromatic N) is 2. The van der Waals surface area contributed by atoms with Gasteiger partial charge in [0.2, 0.25) is 0 Å². The van der Waals surface area contributed by atoms with Gasteiger partial charge in [-0.25, -0.2) is 4.98 Å². The molecule has 0 spiro atoms. The molecule has 4 rings (SSSR count). The van der Waals surface area contributed by atoms with Crippen molar-refractivity contribution in [3.05, 3.63) is 58.7 Å². The molecule has 0 saturated heterocycles. The van der Waals surface area contributed by atoms with Crippen LogP contribution >= 0.6 is 11.3 Å². The Kier molecular flexibility index (Phi) is 3.63. The fourth-order valence-corrected chi connectivity index (χ4v) is 3.94. The van der Waals surface area contributed by atoms with Crippen molar-refractivity contribution in [1.29, 1.82) is 0 Å². The molecule has 3 heterocycles. The number of imidazole rings is 1. The van der Waals surface area contributed by atoms with Crippen molar-refractivity contribution in [1.82, 2.24) is 14.7 Å². The van der Waals surface area contributed by atoms with E-state index in [9.17, 15) is 9.90 Å². The molecule has 3 aromatic heterocycles. The summed E-state index contributed by atoms with van der Waals surface area (Å²) in [5.74, 6) is 0.199. The lowest BCUT2D eigenvalue weighted by Crippen LogP contribution is -2.41. The third kappa shape index (κ3) is 2.75. The van der Waals surface area contributed by atoms with E-state index in [1.54, 1.807) is 29.8 Å². The molecule has 1 saturated carbocycles. The van der Waals surface area contributed by atoms with Gasteiger partial charge in [-0.2, -0.15) is 0 Å². The first-order valence-corrected chi connectivity index (χ1v) is 8.54. The Morgan fingerprint density at radius 1 is 1.39 bits per heavy atom. The van der Waals surface area contributed by atoms with E-state index in [0.29, 0.717) is 11.5 Å². The van der Waals surface area contributed by atoms with Crippen LogP contribution < -0.4 is 5.32 Å². The van der Waals surface area contributed by atoms with Gasteiger partial charge in [0.05, 0.1) is 17.7 Å². The molecule has 6 heteroatoms. The van der Waals surface area contributed by atoms with Crippen molar-refractivity contribution in [3.63, 3.8) is 0 Å². The van der Waals surface area contributed by atoms with Crippen molar-refractivity contribution >= 4 is 22.9 Å². The Morgan fingerprint density at radius 3 is 3.00 bits per heavy atom. The zero-order valence-corrected chi connectivity index (χ0v) is 13.2. The van der Waals surface area contributed by atoms with Crippen molar-refractivity contribution < 1.29 is 9.90 Å². The first-order chi connectivity index (χ1) is 11.2. The first-order valence-electron chi connectivity index (χ1n) is 7.66. The second-order valence-electron chi connectivity index (χ2n) is 5.96. The Bertz CT molecular complexity index is 821. The number of carbonyl (C=O) groups is 1. The molecule has 5 nitrogen and oxygen atoms in total. The van der Waals surface area contributed by atoms with E-state index >= 15 is 0 Å². The number of aliphatic hydroxyl groups is 1. The average molecular weight is 327 g/mol. The number of pyridine rings is 1. The number of hydrogen-bond acceptors (Lipinski definition) is 4. The molecule has 118 valence electrons. The number of amides is 1. The van der Waals surface area contributed by atoms with E-state index in [1.165, 1.54) is 0 Å². The van der Waals surface area contributed by atoms with Crippen LogP contribution in [0.1, 0.15) is 34.1 Å². The Labute approximate surface area is 137 Å². The van der Waals surface area contributed by atoms with Gasteiger partial charge in [-0.15, -0.1) is 11.3 Å².